The zero-order valence-corrected chi connectivity index (χ0v) is 15.4. The summed E-state index contributed by atoms with van der Waals surface area (Å²) < 4.78 is 4.68. The van der Waals surface area contributed by atoms with Gasteiger partial charge in [-0.25, -0.2) is 9.59 Å². The van der Waals surface area contributed by atoms with Gasteiger partial charge in [0.15, 0.2) is 0 Å². The highest BCUT2D eigenvalue weighted by atomic mass is 16.5. The smallest absolute Gasteiger partial charge is 0.409 e. The Balaban J connectivity index is 0.000000253. The highest BCUT2D eigenvalue weighted by Crippen LogP contribution is 2.18. The molecule has 4 N–H and O–H groups in total. The molecule has 29 heavy (non-hydrogen) atoms. The van der Waals surface area contributed by atoms with Crippen LogP contribution in [0.1, 0.15) is 5.56 Å². The highest BCUT2D eigenvalue weighted by molar-refractivity contribution is 5.82. The minimum Gasteiger partial charge on any atom is -0.465 e. The van der Waals surface area contributed by atoms with Crippen LogP contribution in [-0.4, -0.2) is 17.3 Å². The van der Waals surface area contributed by atoms with Crippen LogP contribution in [0.2, 0.25) is 0 Å². The van der Waals surface area contributed by atoms with Crippen molar-refractivity contribution in [3.8, 4) is 0 Å². The Hall–Kier alpha value is -4.20. The van der Waals surface area contributed by atoms with Crippen molar-refractivity contribution in [1.82, 2.24) is 0 Å². The third kappa shape index (κ3) is 8.83. The number of amides is 2. The molecule has 0 fully saturated rings. The topological polar surface area (TPSA) is 126 Å². The van der Waals surface area contributed by atoms with Crippen molar-refractivity contribution >= 4 is 29.2 Å². The van der Waals surface area contributed by atoms with Gasteiger partial charge in [0.25, 0.3) is 0 Å². The Bertz CT molecular complexity index is 930. The van der Waals surface area contributed by atoms with Crippen LogP contribution < -0.4 is 11.1 Å². The third-order valence-corrected chi connectivity index (χ3v) is 3.38. The number of para-hydroxylation sites is 1. The van der Waals surface area contributed by atoms with Crippen LogP contribution in [0.4, 0.5) is 26.7 Å². The average molecular weight is 392 g/mol. The van der Waals surface area contributed by atoms with E-state index in [4.69, 9.17) is 10.8 Å². The normalized spacial score (nSPS) is 9.93. The molecule has 0 spiro atoms. The van der Waals surface area contributed by atoms with E-state index in [1.807, 2.05) is 48.5 Å². The highest BCUT2D eigenvalue weighted by Gasteiger charge is 1.97. The lowest BCUT2D eigenvalue weighted by Gasteiger charge is -2.01. The van der Waals surface area contributed by atoms with Crippen molar-refractivity contribution < 1.29 is 19.4 Å². The summed E-state index contributed by atoms with van der Waals surface area (Å²) in [5.74, 6) is 0. The number of hydrogen-bond donors (Lipinski definition) is 3. The van der Waals surface area contributed by atoms with Gasteiger partial charge in [0.1, 0.15) is 6.61 Å². The zero-order chi connectivity index (χ0) is 20.9. The number of ether oxygens (including phenoxy) is 1. The molecule has 3 aromatic rings. The Morgan fingerprint density at radius 1 is 0.828 bits per heavy atom. The molecule has 0 aliphatic heterocycles. The van der Waals surface area contributed by atoms with Crippen LogP contribution in [0, 0.1) is 0 Å². The van der Waals surface area contributed by atoms with Gasteiger partial charge in [-0.05, 0) is 42.0 Å². The Kier molecular flexibility index (Phi) is 8.37. The second-order valence-corrected chi connectivity index (χ2v) is 5.61. The number of carbonyl (C=O) groups excluding carboxylic acids is 1. The van der Waals surface area contributed by atoms with Gasteiger partial charge >= 0.3 is 12.2 Å². The van der Waals surface area contributed by atoms with Gasteiger partial charge in [0.05, 0.1) is 11.4 Å². The van der Waals surface area contributed by atoms with E-state index >= 15 is 0 Å². The molecule has 0 heterocycles. The summed E-state index contributed by atoms with van der Waals surface area (Å²) >= 11 is 0. The summed E-state index contributed by atoms with van der Waals surface area (Å²) in [6.07, 6.45) is -1.82. The molecule has 0 unspecified atom stereocenters. The standard InChI is InChI=1S/C14H13N3O2.C7H7NO2/c15-14(18)19-10-11-6-8-13(9-7-11)17-16-12-4-2-1-3-5-12;9-7(10)8-6-4-2-1-3-5-6/h1-9H,10H2,(H2,15,18);1-5,8H,(H,9,10). The summed E-state index contributed by atoms with van der Waals surface area (Å²) in [7, 11) is 0. The second kappa shape index (κ2) is 11.5. The summed E-state index contributed by atoms with van der Waals surface area (Å²) in [4.78, 5) is 20.5. The summed E-state index contributed by atoms with van der Waals surface area (Å²) in [5, 5.41) is 18.7. The van der Waals surface area contributed by atoms with E-state index in [9.17, 15) is 9.59 Å². The maximum absolute atomic E-state index is 10.5. The fraction of sp³-hybridized carbons (Fsp3) is 0.0476. The van der Waals surface area contributed by atoms with E-state index in [1.54, 1.807) is 36.4 Å². The van der Waals surface area contributed by atoms with Crippen LogP contribution in [0.25, 0.3) is 0 Å². The minimum atomic E-state index is -1.04. The molecular formula is C21H20N4O4. The van der Waals surface area contributed by atoms with Crippen LogP contribution >= 0.6 is 0 Å². The Morgan fingerprint density at radius 2 is 1.34 bits per heavy atom. The van der Waals surface area contributed by atoms with Crippen molar-refractivity contribution in [2.45, 2.75) is 6.61 Å². The molecule has 0 aliphatic rings. The number of azo groups is 1. The Morgan fingerprint density at radius 3 is 1.86 bits per heavy atom. The number of benzene rings is 3. The molecular weight excluding hydrogens is 372 g/mol. The maximum atomic E-state index is 10.5. The minimum absolute atomic E-state index is 0.158. The van der Waals surface area contributed by atoms with Crippen LogP contribution in [0.3, 0.4) is 0 Å². The van der Waals surface area contributed by atoms with Crippen LogP contribution in [-0.2, 0) is 11.3 Å². The van der Waals surface area contributed by atoms with Gasteiger partial charge in [-0.2, -0.15) is 10.2 Å². The van der Waals surface area contributed by atoms with Crippen molar-refractivity contribution in [3.63, 3.8) is 0 Å². The van der Waals surface area contributed by atoms with E-state index in [2.05, 4.69) is 20.3 Å². The molecule has 2 amide bonds. The van der Waals surface area contributed by atoms with Gasteiger partial charge in [-0.15, -0.1) is 0 Å². The van der Waals surface area contributed by atoms with Gasteiger partial charge in [0, 0.05) is 5.69 Å². The molecule has 0 aromatic heterocycles. The van der Waals surface area contributed by atoms with Gasteiger partial charge in [0.2, 0.25) is 0 Å². The number of nitrogens with two attached hydrogens (primary N) is 1. The predicted molar refractivity (Wildman–Crippen MR) is 110 cm³/mol. The summed E-state index contributed by atoms with van der Waals surface area (Å²) in [6, 6.07) is 25.4. The van der Waals surface area contributed by atoms with Crippen molar-refractivity contribution in [1.29, 1.82) is 0 Å². The van der Waals surface area contributed by atoms with Gasteiger partial charge in [-0.3, -0.25) is 5.32 Å². The first-order chi connectivity index (χ1) is 14.0. The molecule has 8 heteroatoms. The van der Waals surface area contributed by atoms with Crippen LogP contribution in [0.15, 0.2) is 95.2 Å². The first-order valence-corrected chi connectivity index (χ1v) is 8.56. The Labute approximate surface area is 167 Å². The monoisotopic (exact) mass is 392 g/mol. The lowest BCUT2D eigenvalue weighted by Crippen LogP contribution is -2.12. The number of hydrogen-bond acceptors (Lipinski definition) is 5. The predicted octanol–water partition coefficient (Wildman–Crippen LogP) is 5.47. The fourth-order valence-electron chi connectivity index (χ4n) is 2.07. The van der Waals surface area contributed by atoms with Crippen molar-refractivity contribution in [2.24, 2.45) is 16.0 Å². The maximum Gasteiger partial charge on any atom is 0.409 e. The molecule has 0 aliphatic carbocycles. The molecule has 0 radical (unpaired) electrons. The first kappa shape index (κ1) is 21.1. The zero-order valence-electron chi connectivity index (χ0n) is 15.4. The lowest BCUT2D eigenvalue weighted by atomic mass is 10.2. The summed E-state index contributed by atoms with van der Waals surface area (Å²) in [5.41, 5.74) is 7.85. The second-order valence-electron chi connectivity index (χ2n) is 5.61. The van der Waals surface area contributed by atoms with E-state index in [1.165, 1.54) is 0 Å². The number of carboxylic acid groups (broad SMARTS) is 1. The molecule has 8 nitrogen and oxygen atoms in total. The molecule has 0 bridgehead atoms. The van der Waals surface area contributed by atoms with Crippen molar-refractivity contribution in [3.05, 3.63) is 90.5 Å². The van der Waals surface area contributed by atoms with E-state index in [0.29, 0.717) is 5.69 Å². The molecule has 3 aromatic carbocycles. The third-order valence-electron chi connectivity index (χ3n) is 3.38. The van der Waals surface area contributed by atoms with Gasteiger partial charge in [-0.1, -0.05) is 48.5 Å². The van der Waals surface area contributed by atoms with Crippen LogP contribution in [0.5, 0.6) is 0 Å². The van der Waals surface area contributed by atoms with E-state index in [0.717, 1.165) is 16.9 Å². The molecule has 0 atom stereocenters. The largest absolute Gasteiger partial charge is 0.465 e. The number of carbonyl (C=O) groups is 2. The van der Waals surface area contributed by atoms with E-state index in [-0.39, 0.29) is 6.61 Å². The van der Waals surface area contributed by atoms with Gasteiger partial charge < -0.3 is 15.6 Å². The molecule has 3 rings (SSSR count). The number of anilines is 1. The SMILES string of the molecule is NC(=O)OCc1ccc(N=Nc2ccccc2)cc1.O=C(O)Nc1ccccc1. The average Bonchev–Trinajstić information content (AvgIpc) is 2.73. The number of nitrogens with zero attached hydrogens (tertiary/aromatic N) is 2. The number of nitrogens with one attached hydrogen (secondary N) is 1. The molecule has 0 saturated carbocycles. The lowest BCUT2D eigenvalue weighted by molar-refractivity contribution is 0.150. The first-order valence-electron chi connectivity index (χ1n) is 8.56. The number of rotatable bonds is 5. The quantitative estimate of drug-likeness (QED) is 0.497. The molecule has 148 valence electrons. The molecule has 0 saturated heterocycles. The number of primary amides is 1. The van der Waals surface area contributed by atoms with Crippen molar-refractivity contribution in [2.75, 3.05) is 5.32 Å². The summed E-state index contributed by atoms with van der Waals surface area (Å²) in [6.45, 7) is 0.158. The van der Waals surface area contributed by atoms with E-state index < -0.39 is 12.2 Å². The fourth-order valence-corrected chi connectivity index (χ4v) is 2.07.